The standard InChI is InChI=1S/C9H7ClF3NO2/c10-4-7(15)5-1-2-8(6(14)3-5)16-9(11,12)13/h1-3H,4,14H2. The minimum Gasteiger partial charge on any atom is -0.404 e. The second-order valence-corrected chi connectivity index (χ2v) is 3.12. The van der Waals surface area contributed by atoms with E-state index in [1.807, 2.05) is 0 Å². The molecule has 0 aromatic heterocycles. The molecule has 0 aliphatic rings. The third kappa shape index (κ3) is 3.30. The number of ketones is 1. The van der Waals surface area contributed by atoms with Crippen molar-refractivity contribution in [3.8, 4) is 5.75 Å². The largest absolute Gasteiger partial charge is 0.573 e. The molecular formula is C9H7ClF3NO2. The number of anilines is 1. The molecule has 3 nitrogen and oxygen atoms in total. The van der Waals surface area contributed by atoms with Crippen LogP contribution in [0.2, 0.25) is 0 Å². The number of hydrogen-bond acceptors (Lipinski definition) is 3. The van der Waals surface area contributed by atoms with Gasteiger partial charge in [-0.05, 0) is 18.2 Å². The fourth-order valence-corrected chi connectivity index (χ4v) is 1.17. The van der Waals surface area contributed by atoms with Crippen molar-refractivity contribution in [3.05, 3.63) is 23.8 Å². The molecule has 0 saturated carbocycles. The number of carbonyl (C=O) groups excluding carboxylic acids is 1. The third-order valence-electron chi connectivity index (χ3n) is 1.68. The molecule has 0 heterocycles. The second kappa shape index (κ2) is 4.61. The average Bonchev–Trinajstić information content (AvgIpc) is 2.18. The quantitative estimate of drug-likeness (QED) is 0.512. The molecule has 0 fully saturated rings. The highest BCUT2D eigenvalue weighted by atomic mass is 35.5. The summed E-state index contributed by atoms with van der Waals surface area (Å²) in [7, 11) is 0. The summed E-state index contributed by atoms with van der Waals surface area (Å²) in [5, 5.41) is 0. The van der Waals surface area contributed by atoms with Crippen molar-refractivity contribution in [2.45, 2.75) is 6.36 Å². The van der Waals surface area contributed by atoms with Gasteiger partial charge in [0.2, 0.25) is 0 Å². The normalized spacial score (nSPS) is 11.2. The summed E-state index contributed by atoms with van der Waals surface area (Å²) in [5.41, 5.74) is 5.17. The van der Waals surface area contributed by atoms with E-state index in [4.69, 9.17) is 17.3 Å². The van der Waals surface area contributed by atoms with Crippen LogP contribution in [0.25, 0.3) is 0 Å². The van der Waals surface area contributed by atoms with Crippen molar-refractivity contribution >= 4 is 23.1 Å². The number of benzene rings is 1. The predicted octanol–water partition coefficient (Wildman–Crippen LogP) is 2.59. The zero-order valence-electron chi connectivity index (χ0n) is 7.84. The number of rotatable bonds is 3. The van der Waals surface area contributed by atoms with Gasteiger partial charge >= 0.3 is 6.36 Å². The fraction of sp³-hybridized carbons (Fsp3) is 0.222. The summed E-state index contributed by atoms with van der Waals surface area (Å²) >= 11 is 5.28. The van der Waals surface area contributed by atoms with Crippen LogP contribution in [-0.4, -0.2) is 18.0 Å². The molecule has 0 bridgehead atoms. The lowest BCUT2D eigenvalue weighted by molar-refractivity contribution is -0.274. The SMILES string of the molecule is Nc1cc(C(=O)CCl)ccc1OC(F)(F)F. The Balaban J connectivity index is 2.96. The highest BCUT2D eigenvalue weighted by molar-refractivity contribution is 6.30. The van der Waals surface area contributed by atoms with Gasteiger partial charge in [-0.2, -0.15) is 0 Å². The van der Waals surface area contributed by atoms with Gasteiger partial charge in [-0.15, -0.1) is 24.8 Å². The van der Waals surface area contributed by atoms with Gasteiger partial charge in [0.15, 0.2) is 11.5 Å². The lowest BCUT2D eigenvalue weighted by Gasteiger charge is -2.11. The zero-order chi connectivity index (χ0) is 12.3. The van der Waals surface area contributed by atoms with E-state index in [1.54, 1.807) is 0 Å². The first-order valence-electron chi connectivity index (χ1n) is 4.08. The summed E-state index contributed by atoms with van der Waals surface area (Å²) in [6.45, 7) is 0. The number of halogens is 4. The Hall–Kier alpha value is -1.43. The van der Waals surface area contributed by atoms with E-state index in [0.29, 0.717) is 0 Å². The number of ether oxygens (including phenoxy) is 1. The van der Waals surface area contributed by atoms with Crippen LogP contribution in [-0.2, 0) is 0 Å². The molecule has 0 spiro atoms. The van der Waals surface area contributed by atoms with Crippen LogP contribution >= 0.6 is 11.6 Å². The van der Waals surface area contributed by atoms with Crippen LogP contribution in [0, 0.1) is 0 Å². The minimum atomic E-state index is -4.81. The minimum absolute atomic E-state index is 0.141. The summed E-state index contributed by atoms with van der Waals surface area (Å²) in [4.78, 5) is 11.1. The van der Waals surface area contributed by atoms with Gasteiger partial charge in [-0.1, -0.05) is 0 Å². The van der Waals surface area contributed by atoms with E-state index in [9.17, 15) is 18.0 Å². The van der Waals surface area contributed by atoms with Gasteiger partial charge < -0.3 is 10.5 Å². The van der Waals surface area contributed by atoms with E-state index in [1.165, 1.54) is 6.07 Å². The highest BCUT2D eigenvalue weighted by Crippen LogP contribution is 2.29. The Morgan fingerprint density at radius 3 is 2.50 bits per heavy atom. The summed E-state index contributed by atoms with van der Waals surface area (Å²) in [5.74, 6) is -1.23. The molecule has 0 aliphatic carbocycles. The molecule has 0 atom stereocenters. The molecule has 0 aliphatic heterocycles. The molecule has 1 aromatic carbocycles. The molecule has 7 heteroatoms. The van der Waals surface area contributed by atoms with Crippen molar-refractivity contribution < 1.29 is 22.7 Å². The number of Topliss-reactive ketones (excluding diaryl/α,β-unsaturated/α-hetero) is 1. The molecule has 0 saturated heterocycles. The highest BCUT2D eigenvalue weighted by Gasteiger charge is 2.32. The van der Waals surface area contributed by atoms with Gasteiger partial charge in [-0.3, -0.25) is 4.79 Å². The summed E-state index contributed by atoms with van der Waals surface area (Å²) in [6.07, 6.45) is -4.81. The molecular weight excluding hydrogens is 247 g/mol. The van der Waals surface area contributed by atoms with Gasteiger partial charge in [0, 0.05) is 5.56 Å². The Labute approximate surface area is 93.9 Å². The van der Waals surface area contributed by atoms with Gasteiger partial charge in [0.1, 0.15) is 0 Å². The number of nitrogens with two attached hydrogens (primary N) is 1. The third-order valence-corrected chi connectivity index (χ3v) is 1.92. The lowest BCUT2D eigenvalue weighted by Crippen LogP contribution is -2.18. The van der Waals surface area contributed by atoms with Crippen molar-refractivity contribution in [1.29, 1.82) is 0 Å². The maximum absolute atomic E-state index is 11.9. The van der Waals surface area contributed by atoms with Crippen LogP contribution in [0.3, 0.4) is 0 Å². The van der Waals surface area contributed by atoms with Crippen LogP contribution in [0.4, 0.5) is 18.9 Å². The zero-order valence-corrected chi connectivity index (χ0v) is 8.60. The smallest absolute Gasteiger partial charge is 0.404 e. The Kier molecular flexibility index (Phi) is 3.64. The fourth-order valence-electron chi connectivity index (χ4n) is 1.02. The van der Waals surface area contributed by atoms with E-state index in [2.05, 4.69) is 4.74 Å². The van der Waals surface area contributed by atoms with Crippen molar-refractivity contribution in [2.24, 2.45) is 0 Å². The van der Waals surface area contributed by atoms with Crippen LogP contribution in [0.15, 0.2) is 18.2 Å². The number of carbonyl (C=O) groups is 1. The molecule has 16 heavy (non-hydrogen) atoms. The van der Waals surface area contributed by atoms with Crippen molar-refractivity contribution in [2.75, 3.05) is 11.6 Å². The van der Waals surface area contributed by atoms with Crippen LogP contribution < -0.4 is 10.5 Å². The molecule has 0 amide bonds. The van der Waals surface area contributed by atoms with E-state index in [0.717, 1.165) is 12.1 Å². The van der Waals surface area contributed by atoms with Crippen LogP contribution in [0.5, 0.6) is 5.75 Å². The Morgan fingerprint density at radius 1 is 1.44 bits per heavy atom. The molecule has 0 radical (unpaired) electrons. The van der Waals surface area contributed by atoms with E-state index < -0.39 is 17.9 Å². The topological polar surface area (TPSA) is 52.3 Å². The molecule has 0 unspecified atom stereocenters. The number of nitrogen functional groups attached to an aromatic ring is 1. The van der Waals surface area contributed by atoms with Crippen LogP contribution in [0.1, 0.15) is 10.4 Å². The van der Waals surface area contributed by atoms with E-state index in [-0.39, 0.29) is 17.1 Å². The number of hydrogen-bond donors (Lipinski definition) is 1. The Bertz CT molecular complexity index is 406. The van der Waals surface area contributed by atoms with E-state index >= 15 is 0 Å². The van der Waals surface area contributed by atoms with Crippen molar-refractivity contribution in [3.63, 3.8) is 0 Å². The summed E-state index contributed by atoms with van der Waals surface area (Å²) in [6, 6.07) is 3.23. The first-order chi connectivity index (χ1) is 7.33. The monoisotopic (exact) mass is 253 g/mol. The predicted molar refractivity (Wildman–Crippen MR) is 52.6 cm³/mol. The first-order valence-corrected chi connectivity index (χ1v) is 4.61. The molecule has 1 rings (SSSR count). The maximum atomic E-state index is 11.9. The molecule has 2 N–H and O–H groups in total. The van der Waals surface area contributed by atoms with Gasteiger partial charge in [-0.25, -0.2) is 0 Å². The second-order valence-electron chi connectivity index (χ2n) is 2.86. The average molecular weight is 254 g/mol. The number of alkyl halides is 4. The lowest BCUT2D eigenvalue weighted by atomic mass is 10.1. The first kappa shape index (κ1) is 12.6. The molecule has 88 valence electrons. The van der Waals surface area contributed by atoms with Gasteiger partial charge in [0.25, 0.3) is 0 Å². The Morgan fingerprint density at radius 2 is 2.06 bits per heavy atom. The maximum Gasteiger partial charge on any atom is 0.573 e. The summed E-state index contributed by atoms with van der Waals surface area (Å²) < 4.78 is 39.3. The van der Waals surface area contributed by atoms with Crippen molar-refractivity contribution in [1.82, 2.24) is 0 Å². The molecule has 1 aromatic rings. The van der Waals surface area contributed by atoms with Gasteiger partial charge in [0.05, 0.1) is 11.6 Å².